The molecule has 8 atom stereocenters. The quantitative estimate of drug-likeness (QED) is 0.488. The van der Waals surface area contributed by atoms with E-state index in [1.807, 2.05) is 0 Å². The Labute approximate surface area is 194 Å². The predicted molar refractivity (Wildman–Crippen MR) is 129 cm³/mol. The van der Waals surface area contributed by atoms with Crippen molar-refractivity contribution >= 4 is 13.2 Å². The van der Waals surface area contributed by atoms with Gasteiger partial charge >= 0.3 is 194 Å². The topological polar surface area (TPSA) is 65.0 Å². The van der Waals surface area contributed by atoms with E-state index in [4.69, 9.17) is 14.2 Å². The van der Waals surface area contributed by atoms with Crippen molar-refractivity contribution < 1.29 is 24.1 Å². The molecule has 3 aliphatic heterocycles. The van der Waals surface area contributed by atoms with E-state index in [0.29, 0.717) is 41.2 Å². The summed E-state index contributed by atoms with van der Waals surface area (Å²) in [6.45, 7) is 9.00. The molecule has 3 heterocycles. The van der Waals surface area contributed by atoms with Crippen molar-refractivity contribution in [1.29, 1.82) is 0 Å². The van der Waals surface area contributed by atoms with E-state index in [1.165, 1.54) is 39.0 Å². The molecule has 5 aliphatic rings. The molecule has 3 saturated heterocycles. The van der Waals surface area contributed by atoms with Crippen molar-refractivity contribution in [2.24, 2.45) is 29.1 Å². The summed E-state index contributed by atoms with van der Waals surface area (Å²) in [7, 11) is -0.0215. The summed E-state index contributed by atoms with van der Waals surface area (Å²) in [4.78, 5) is 11.7. The Morgan fingerprint density at radius 2 is 1.97 bits per heavy atom. The number of carbonyl (C=O) groups excluding carboxylic acids is 1. The van der Waals surface area contributed by atoms with E-state index in [0.717, 1.165) is 44.6 Å². The van der Waals surface area contributed by atoms with Gasteiger partial charge in [-0.1, -0.05) is 0 Å². The van der Waals surface area contributed by atoms with Gasteiger partial charge in [-0.25, -0.2) is 0 Å². The van der Waals surface area contributed by atoms with Crippen LogP contribution in [0.1, 0.15) is 71.6 Å². The van der Waals surface area contributed by atoms with Crippen molar-refractivity contribution in [2.75, 3.05) is 33.2 Å². The molecule has 0 aromatic heterocycles. The van der Waals surface area contributed by atoms with Gasteiger partial charge in [0.1, 0.15) is 0 Å². The first kappa shape index (κ1) is 23.5. The number of rotatable bonds is 4. The maximum absolute atomic E-state index is 11.7. The first-order valence-electron chi connectivity index (χ1n) is 13.3. The van der Waals surface area contributed by atoms with Gasteiger partial charge in [0, 0.05) is 0 Å². The third-order valence-electron chi connectivity index (χ3n) is 11.3. The average molecular weight is 469 g/mol. The van der Waals surface area contributed by atoms with Crippen LogP contribution in [-0.4, -0.2) is 67.4 Å². The summed E-state index contributed by atoms with van der Waals surface area (Å²) >= 11 is 0. The summed E-state index contributed by atoms with van der Waals surface area (Å²) < 4.78 is 17.1. The molecule has 5 unspecified atom stereocenters. The number of carbonyl (C=O) groups is 1. The molecule has 0 aromatic rings. The van der Waals surface area contributed by atoms with E-state index in [2.05, 4.69) is 20.5 Å². The SMILES string of the molecule is COC(=O)CC[C@@H](C)C1CCC2C3C(CCC21C)[PH]1(C)CCC2(C[C@@H]1C[C@H]3O)OCCO2. The third-order valence-corrected chi connectivity index (χ3v) is 17.3. The van der Waals surface area contributed by atoms with Crippen LogP contribution in [-0.2, 0) is 19.0 Å². The number of ether oxygens (including phenoxy) is 3. The number of hydrogen-bond donors (Lipinski definition) is 1. The van der Waals surface area contributed by atoms with Crippen molar-refractivity contribution in [3.8, 4) is 0 Å². The van der Waals surface area contributed by atoms with Gasteiger partial charge in [-0.15, -0.1) is 0 Å². The summed E-state index contributed by atoms with van der Waals surface area (Å²) in [6, 6.07) is 0. The minimum atomic E-state index is -1.51. The normalized spacial score (nSPS) is 46.0. The van der Waals surface area contributed by atoms with Gasteiger partial charge < -0.3 is 0 Å². The van der Waals surface area contributed by atoms with Crippen LogP contribution in [0.15, 0.2) is 0 Å². The van der Waals surface area contributed by atoms with Gasteiger partial charge in [-0.3, -0.25) is 0 Å². The molecule has 2 aliphatic carbocycles. The molecule has 2 saturated carbocycles. The molecule has 184 valence electrons. The van der Waals surface area contributed by atoms with Crippen LogP contribution in [0, 0.1) is 29.1 Å². The van der Waals surface area contributed by atoms with Crippen LogP contribution < -0.4 is 0 Å². The van der Waals surface area contributed by atoms with Gasteiger partial charge in [0.25, 0.3) is 0 Å². The van der Waals surface area contributed by atoms with Gasteiger partial charge in [-0.05, 0) is 0 Å². The molecular formula is C26H45O5P. The molecule has 6 heteroatoms. The zero-order valence-corrected chi connectivity index (χ0v) is 21.6. The van der Waals surface area contributed by atoms with Gasteiger partial charge in [0.05, 0.1) is 0 Å². The maximum atomic E-state index is 11.7. The van der Waals surface area contributed by atoms with Crippen molar-refractivity contribution in [3.05, 3.63) is 0 Å². The predicted octanol–water partition coefficient (Wildman–Crippen LogP) is 4.44. The van der Waals surface area contributed by atoms with E-state index in [1.54, 1.807) is 0 Å². The number of methoxy groups -OCH3 is 1. The van der Waals surface area contributed by atoms with Gasteiger partial charge in [0.15, 0.2) is 0 Å². The van der Waals surface area contributed by atoms with Crippen LogP contribution in [0.2, 0.25) is 0 Å². The molecule has 0 amide bonds. The fraction of sp³-hybridized carbons (Fsp3) is 0.962. The second-order valence-electron chi connectivity index (χ2n) is 12.4. The fourth-order valence-corrected chi connectivity index (χ4v) is 15.5. The minimum absolute atomic E-state index is 0.0850. The van der Waals surface area contributed by atoms with Gasteiger partial charge in [-0.2, -0.15) is 0 Å². The number of fused-ring (bicyclic) bond motifs is 5. The van der Waals surface area contributed by atoms with Crippen LogP contribution in [0.4, 0.5) is 0 Å². The molecule has 5 nitrogen and oxygen atoms in total. The number of aliphatic hydroxyl groups is 1. The monoisotopic (exact) mass is 468 g/mol. The van der Waals surface area contributed by atoms with Crippen LogP contribution >= 0.6 is 7.26 Å². The third kappa shape index (κ3) is 3.60. The summed E-state index contributed by atoms with van der Waals surface area (Å²) in [5.74, 6) is 1.90. The Balaban J connectivity index is 1.33. The van der Waals surface area contributed by atoms with E-state index in [9.17, 15) is 9.90 Å². The van der Waals surface area contributed by atoms with E-state index in [-0.39, 0.29) is 17.9 Å². The first-order valence-corrected chi connectivity index (χ1v) is 16.1. The number of esters is 1. The second kappa shape index (κ2) is 8.47. The van der Waals surface area contributed by atoms with Crippen LogP contribution in [0.3, 0.4) is 0 Å². The Bertz CT molecular complexity index is 723. The van der Waals surface area contributed by atoms with Crippen molar-refractivity contribution in [1.82, 2.24) is 0 Å². The van der Waals surface area contributed by atoms with Crippen molar-refractivity contribution in [2.45, 2.75) is 94.8 Å². The van der Waals surface area contributed by atoms with Gasteiger partial charge in [0.2, 0.25) is 0 Å². The number of hydrogen-bond acceptors (Lipinski definition) is 5. The number of aliphatic hydroxyl groups excluding tert-OH is 1. The zero-order valence-electron chi connectivity index (χ0n) is 20.6. The summed E-state index contributed by atoms with van der Waals surface area (Å²) in [5, 5.41) is 11.6. The van der Waals surface area contributed by atoms with Crippen LogP contribution in [0.25, 0.3) is 0 Å². The molecular weight excluding hydrogens is 423 g/mol. The average Bonchev–Trinajstić information content (AvgIpc) is 3.37. The molecule has 5 fully saturated rings. The Kier molecular flexibility index (Phi) is 6.22. The Morgan fingerprint density at radius 1 is 1.22 bits per heavy atom. The fourth-order valence-electron chi connectivity index (χ4n) is 9.55. The van der Waals surface area contributed by atoms with E-state index >= 15 is 0 Å². The first-order chi connectivity index (χ1) is 15.2. The van der Waals surface area contributed by atoms with Crippen LogP contribution in [0.5, 0.6) is 0 Å². The zero-order chi connectivity index (χ0) is 22.7. The molecule has 5 rings (SSSR count). The molecule has 0 radical (unpaired) electrons. The molecule has 32 heavy (non-hydrogen) atoms. The Hall–Kier alpha value is -0.220. The molecule has 1 spiro atoms. The summed E-state index contributed by atoms with van der Waals surface area (Å²) in [5.41, 5.74) is 1.69. The molecule has 0 aromatic carbocycles. The standard InChI is InChI=1S/C26H45O5P/c1-17(5-8-23(28)29-3)19-6-7-20-24-21(27)15-18-16-26(30-12-13-31-26)11-14-32(18,4)22(24)9-10-25(19,20)2/h17-22,24,27,32H,5-16H2,1-4H3/t17-,18+,19?,20?,21-,22?,24?,25?/m1/s1. The van der Waals surface area contributed by atoms with E-state index < -0.39 is 7.26 Å². The molecule has 0 bridgehead atoms. The molecule has 1 N–H and O–H groups in total. The second-order valence-corrected chi connectivity index (χ2v) is 17.5. The van der Waals surface area contributed by atoms with Crippen molar-refractivity contribution in [3.63, 3.8) is 0 Å². The Morgan fingerprint density at radius 3 is 2.69 bits per heavy atom. The summed E-state index contributed by atoms with van der Waals surface area (Å²) in [6.07, 6.45) is 10.7.